The number of hydrogen-bond acceptors (Lipinski definition) is 2. The first kappa shape index (κ1) is 10.7. The van der Waals surface area contributed by atoms with Gasteiger partial charge in [0.25, 0.3) is 0 Å². The van der Waals surface area contributed by atoms with Gasteiger partial charge in [0.2, 0.25) is 6.54 Å². The van der Waals surface area contributed by atoms with Crippen LogP contribution in [0.4, 0.5) is 0 Å². The first-order chi connectivity index (χ1) is 6.49. The van der Waals surface area contributed by atoms with E-state index < -0.39 is 0 Å². The van der Waals surface area contributed by atoms with Crippen molar-refractivity contribution in [1.29, 1.82) is 0 Å². The first-order valence-electron chi connectivity index (χ1n) is 4.65. The fourth-order valence-corrected chi connectivity index (χ4v) is 1.55. The van der Waals surface area contributed by atoms with Gasteiger partial charge in [-0.3, -0.25) is 10.1 Å². The molecule has 1 rings (SSSR count). The third kappa shape index (κ3) is 3.56. The van der Waals surface area contributed by atoms with Gasteiger partial charge in [0.05, 0.1) is 0 Å². The zero-order chi connectivity index (χ0) is 10.6. The summed E-state index contributed by atoms with van der Waals surface area (Å²) in [6, 6.07) is 9.86. The summed E-state index contributed by atoms with van der Waals surface area (Å²) in [5.41, 5.74) is 0.879. The summed E-state index contributed by atoms with van der Waals surface area (Å²) < 4.78 is 0. The maximum Gasteiger partial charge on any atom is 0.209 e. The Morgan fingerprint density at radius 1 is 1.29 bits per heavy atom. The minimum atomic E-state index is -0.273. The zero-order valence-corrected chi connectivity index (χ0v) is 8.56. The molecule has 14 heavy (non-hydrogen) atoms. The summed E-state index contributed by atoms with van der Waals surface area (Å²) in [6.07, 6.45) is 0.745. The van der Waals surface area contributed by atoms with E-state index in [-0.39, 0.29) is 16.9 Å². The van der Waals surface area contributed by atoms with Gasteiger partial charge in [-0.05, 0) is 12.0 Å². The number of nitro groups is 1. The molecule has 0 radical (unpaired) electrons. The Kier molecular flexibility index (Phi) is 3.23. The highest BCUT2D eigenvalue weighted by Crippen LogP contribution is 2.21. The van der Waals surface area contributed by atoms with Gasteiger partial charge < -0.3 is 0 Å². The van der Waals surface area contributed by atoms with Crippen molar-refractivity contribution in [2.24, 2.45) is 5.41 Å². The van der Waals surface area contributed by atoms with Crippen LogP contribution in [0.2, 0.25) is 0 Å². The lowest BCUT2D eigenvalue weighted by atomic mass is 9.86. The molecule has 76 valence electrons. The van der Waals surface area contributed by atoms with E-state index in [4.69, 9.17) is 0 Å². The van der Waals surface area contributed by atoms with Gasteiger partial charge >= 0.3 is 0 Å². The minimum absolute atomic E-state index is 0.0158. The highest BCUT2D eigenvalue weighted by molar-refractivity contribution is 5.16. The van der Waals surface area contributed by atoms with Gasteiger partial charge in [0.15, 0.2) is 0 Å². The van der Waals surface area contributed by atoms with Crippen LogP contribution in [0.5, 0.6) is 0 Å². The maximum absolute atomic E-state index is 10.4. The van der Waals surface area contributed by atoms with Crippen LogP contribution in [0.15, 0.2) is 30.3 Å². The van der Waals surface area contributed by atoms with E-state index in [2.05, 4.69) is 0 Å². The second-order valence-corrected chi connectivity index (χ2v) is 4.32. The van der Waals surface area contributed by atoms with Gasteiger partial charge in [0.1, 0.15) is 0 Å². The quantitative estimate of drug-likeness (QED) is 0.544. The summed E-state index contributed by atoms with van der Waals surface area (Å²) in [6.45, 7) is 3.85. The molecule has 3 nitrogen and oxygen atoms in total. The Morgan fingerprint density at radius 3 is 2.36 bits per heavy atom. The predicted octanol–water partition coefficient (Wildman–Crippen LogP) is 2.53. The molecule has 0 fully saturated rings. The van der Waals surface area contributed by atoms with E-state index in [0.717, 1.165) is 12.0 Å². The van der Waals surface area contributed by atoms with Crippen molar-refractivity contribution in [3.63, 3.8) is 0 Å². The number of nitrogens with zero attached hydrogens (tertiary/aromatic N) is 1. The molecule has 0 bridgehead atoms. The lowest BCUT2D eigenvalue weighted by Crippen LogP contribution is -2.25. The van der Waals surface area contributed by atoms with Gasteiger partial charge in [-0.25, -0.2) is 0 Å². The van der Waals surface area contributed by atoms with Crippen molar-refractivity contribution in [2.75, 3.05) is 6.54 Å². The fourth-order valence-electron chi connectivity index (χ4n) is 1.55. The molecular weight excluding hydrogens is 178 g/mol. The molecule has 1 aromatic rings. The third-order valence-corrected chi connectivity index (χ3v) is 2.08. The van der Waals surface area contributed by atoms with Crippen molar-refractivity contribution in [3.8, 4) is 0 Å². The van der Waals surface area contributed by atoms with Crippen molar-refractivity contribution < 1.29 is 4.92 Å². The van der Waals surface area contributed by atoms with E-state index in [0.29, 0.717) is 0 Å². The largest absolute Gasteiger partial charge is 0.265 e. The number of rotatable bonds is 4. The van der Waals surface area contributed by atoms with Gasteiger partial charge in [0, 0.05) is 10.3 Å². The van der Waals surface area contributed by atoms with E-state index in [9.17, 15) is 10.1 Å². The average molecular weight is 193 g/mol. The van der Waals surface area contributed by atoms with Crippen LogP contribution in [-0.4, -0.2) is 11.5 Å². The lowest BCUT2D eigenvalue weighted by Gasteiger charge is -2.19. The highest BCUT2D eigenvalue weighted by Gasteiger charge is 2.24. The van der Waals surface area contributed by atoms with Crippen LogP contribution in [0, 0.1) is 15.5 Å². The average Bonchev–Trinajstić information content (AvgIpc) is 2.02. The molecule has 0 aliphatic heterocycles. The molecule has 0 amide bonds. The van der Waals surface area contributed by atoms with Crippen molar-refractivity contribution in [3.05, 3.63) is 46.0 Å². The third-order valence-electron chi connectivity index (χ3n) is 2.08. The Hall–Kier alpha value is -1.38. The SMILES string of the molecule is CC(C)(Cc1ccccc1)C[N+](=O)[O-]. The van der Waals surface area contributed by atoms with Crippen molar-refractivity contribution >= 4 is 0 Å². The smallest absolute Gasteiger partial charge is 0.209 e. The summed E-state index contributed by atoms with van der Waals surface area (Å²) >= 11 is 0. The lowest BCUT2D eigenvalue weighted by molar-refractivity contribution is -0.495. The Labute approximate surface area is 83.9 Å². The minimum Gasteiger partial charge on any atom is -0.265 e. The van der Waals surface area contributed by atoms with E-state index in [1.807, 2.05) is 44.2 Å². The molecule has 0 aromatic heterocycles. The molecule has 0 saturated heterocycles. The Morgan fingerprint density at radius 2 is 1.86 bits per heavy atom. The standard InChI is InChI=1S/C11H15NO2/c1-11(2,9-12(13)14)8-10-6-4-3-5-7-10/h3-7H,8-9H2,1-2H3. The van der Waals surface area contributed by atoms with E-state index in [1.54, 1.807) is 0 Å². The molecule has 3 heteroatoms. The first-order valence-corrected chi connectivity index (χ1v) is 4.65. The molecule has 0 heterocycles. The molecule has 0 atom stereocenters. The zero-order valence-electron chi connectivity index (χ0n) is 8.56. The molecule has 0 N–H and O–H groups in total. The molecular formula is C11H15NO2. The topological polar surface area (TPSA) is 43.1 Å². The predicted molar refractivity (Wildman–Crippen MR) is 55.8 cm³/mol. The molecule has 0 aliphatic carbocycles. The van der Waals surface area contributed by atoms with Crippen LogP contribution in [0.3, 0.4) is 0 Å². The van der Waals surface area contributed by atoms with Crippen LogP contribution in [0.1, 0.15) is 19.4 Å². The van der Waals surface area contributed by atoms with Crippen LogP contribution in [0.25, 0.3) is 0 Å². The molecule has 0 saturated carbocycles. The van der Waals surface area contributed by atoms with Crippen LogP contribution < -0.4 is 0 Å². The maximum atomic E-state index is 10.4. The van der Waals surface area contributed by atoms with Gasteiger partial charge in [-0.15, -0.1) is 0 Å². The van der Waals surface area contributed by atoms with E-state index >= 15 is 0 Å². The molecule has 0 unspecified atom stereocenters. The summed E-state index contributed by atoms with van der Waals surface area (Å²) in [4.78, 5) is 10.2. The van der Waals surface area contributed by atoms with Gasteiger partial charge in [-0.1, -0.05) is 44.2 Å². The summed E-state index contributed by atoms with van der Waals surface area (Å²) in [7, 11) is 0. The Balaban J connectivity index is 2.63. The molecule has 0 spiro atoms. The Bertz CT molecular complexity index is 306. The van der Waals surface area contributed by atoms with Gasteiger partial charge in [-0.2, -0.15) is 0 Å². The normalized spacial score (nSPS) is 11.3. The van der Waals surface area contributed by atoms with Crippen molar-refractivity contribution in [2.45, 2.75) is 20.3 Å². The fraction of sp³-hybridized carbons (Fsp3) is 0.455. The number of hydrogen-bond donors (Lipinski definition) is 0. The summed E-state index contributed by atoms with van der Waals surface area (Å²) in [5, 5.41) is 10.4. The molecule has 1 aromatic carbocycles. The summed E-state index contributed by atoms with van der Waals surface area (Å²) in [5.74, 6) is 0. The van der Waals surface area contributed by atoms with Crippen LogP contribution in [-0.2, 0) is 6.42 Å². The number of benzene rings is 1. The second-order valence-electron chi connectivity index (χ2n) is 4.32. The highest BCUT2D eigenvalue weighted by atomic mass is 16.6. The molecule has 0 aliphatic rings. The second kappa shape index (κ2) is 4.22. The van der Waals surface area contributed by atoms with E-state index in [1.165, 1.54) is 0 Å². The monoisotopic (exact) mass is 193 g/mol. The van der Waals surface area contributed by atoms with Crippen molar-refractivity contribution in [1.82, 2.24) is 0 Å². The van der Waals surface area contributed by atoms with Crippen LogP contribution >= 0.6 is 0 Å².